The van der Waals surface area contributed by atoms with Crippen molar-refractivity contribution in [1.82, 2.24) is 10.6 Å². The van der Waals surface area contributed by atoms with Crippen LogP contribution in [0.2, 0.25) is 0 Å². The predicted molar refractivity (Wildman–Crippen MR) is 120 cm³/mol. The van der Waals surface area contributed by atoms with Gasteiger partial charge in [0.15, 0.2) is 17.5 Å². The van der Waals surface area contributed by atoms with E-state index in [1.165, 1.54) is 12.2 Å². The third-order valence-electron chi connectivity index (χ3n) is 3.32. The number of benzene rings is 1. The van der Waals surface area contributed by atoms with Crippen molar-refractivity contribution < 1.29 is 9.47 Å². The van der Waals surface area contributed by atoms with Crippen LogP contribution >= 0.6 is 35.7 Å². The number of nitrogens with zero attached hydrogens (tertiary/aromatic N) is 1. The molecule has 5 nitrogen and oxygen atoms in total. The lowest BCUT2D eigenvalue weighted by Crippen LogP contribution is -2.38. The van der Waals surface area contributed by atoms with E-state index >= 15 is 0 Å². The van der Waals surface area contributed by atoms with E-state index in [0.717, 1.165) is 37.0 Å². The van der Waals surface area contributed by atoms with E-state index in [1.54, 1.807) is 7.11 Å². The third-order valence-corrected chi connectivity index (χ3v) is 4.01. The van der Waals surface area contributed by atoms with Crippen LogP contribution in [0.15, 0.2) is 29.3 Å². The van der Waals surface area contributed by atoms with Crippen molar-refractivity contribution in [1.29, 1.82) is 0 Å². The lowest BCUT2D eigenvalue weighted by atomic mass is 10.3. The highest BCUT2D eigenvalue weighted by Crippen LogP contribution is 2.26. The number of methoxy groups -OCH3 is 1. The van der Waals surface area contributed by atoms with Crippen molar-refractivity contribution in [3.63, 3.8) is 0 Å². The SMILES string of the molecule is CCNC(=NCC(C)Oc1ccccc1OC)NCCCCSC.I. The van der Waals surface area contributed by atoms with Gasteiger partial charge in [-0.25, -0.2) is 4.99 Å². The van der Waals surface area contributed by atoms with Crippen LogP contribution in [0.25, 0.3) is 0 Å². The summed E-state index contributed by atoms with van der Waals surface area (Å²) < 4.78 is 11.2. The second-order valence-corrected chi connectivity index (χ2v) is 6.41. The first-order valence-electron chi connectivity index (χ1n) is 8.52. The molecule has 0 radical (unpaired) electrons. The van der Waals surface area contributed by atoms with E-state index in [2.05, 4.69) is 28.8 Å². The summed E-state index contributed by atoms with van der Waals surface area (Å²) in [5.74, 6) is 3.54. The zero-order chi connectivity index (χ0) is 17.6. The molecule has 1 rings (SSSR count). The summed E-state index contributed by atoms with van der Waals surface area (Å²) in [6, 6.07) is 7.67. The van der Waals surface area contributed by atoms with E-state index in [1.807, 2.05) is 43.0 Å². The Morgan fingerprint density at radius 1 is 1.20 bits per heavy atom. The van der Waals surface area contributed by atoms with Gasteiger partial charge in [-0.05, 0) is 50.8 Å². The number of hydrogen-bond donors (Lipinski definition) is 2. The molecule has 0 aliphatic rings. The Balaban J connectivity index is 0.00000576. The quantitative estimate of drug-likeness (QED) is 0.218. The van der Waals surface area contributed by atoms with Crippen molar-refractivity contribution in [2.45, 2.75) is 32.8 Å². The van der Waals surface area contributed by atoms with Gasteiger partial charge in [-0.3, -0.25) is 0 Å². The molecule has 25 heavy (non-hydrogen) atoms. The zero-order valence-corrected chi connectivity index (χ0v) is 18.9. The van der Waals surface area contributed by atoms with Gasteiger partial charge in [0.05, 0.1) is 13.7 Å². The summed E-state index contributed by atoms with van der Waals surface area (Å²) in [5, 5.41) is 6.64. The van der Waals surface area contributed by atoms with Gasteiger partial charge in [-0.2, -0.15) is 11.8 Å². The van der Waals surface area contributed by atoms with Gasteiger partial charge in [-0.1, -0.05) is 12.1 Å². The molecule has 0 aliphatic heterocycles. The van der Waals surface area contributed by atoms with Crippen LogP contribution in [0.5, 0.6) is 11.5 Å². The van der Waals surface area contributed by atoms with Crippen molar-refractivity contribution in [3.05, 3.63) is 24.3 Å². The number of hydrogen-bond acceptors (Lipinski definition) is 4. The van der Waals surface area contributed by atoms with E-state index < -0.39 is 0 Å². The molecule has 0 aliphatic carbocycles. The van der Waals surface area contributed by atoms with Crippen LogP contribution in [-0.2, 0) is 0 Å². The molecule has 1 aromatic rings. The first-order valence-corrected chi connectivity index (χ1v) is 9.91. The summed E-state index contributed by atoms with van der Waals surface area (Å²) in [6.07, 6.45) is 4.48. The van der Waals surface area contributed by atoms with Crippen LogP contribution < -0.4 is 20.1 Å². The van der Waals surface area contributed by atoms with Crippen LogP contribution in [0.1, 0.15) is 26.7 Å². The number of ether oxygens (including phenoxy) is 2. The molecule has 1 aromatic carbocycles. The third kappa shape index (κ3) is 10.7. The Bertz CT molecular complexity index is 489. The maximum Gasteiger partial charge on any atom is 0.191 e. The molecule has 0 saturated heterocycles. The van der Waals surface area contributed by atoms with E-state index in [4.69, 9.17) is 9.47 Å². The molecule has 0 bridgehead atoms. The van der Waals surface area contributed by atoms with Gasteiger partial charge in [0, 0.05) is 13.1 Å². The maximum atomic E-state index is 5.93. The molecular formula is C18H32IN3O2S. The zero-order valence-electron chi connectivity index (χ0n) is 15.7. The van der Waals surface area contributed by atoms with E-state index in [9.17, 15) is 0 Å². The number of rotatable bonds is 11. The Hall–Kier alpha value is -0.830. The van der Waals surface area contributed by atoms with Crippen LogP contribution in [0.4, 0.5) is 0 Å². The fraction of sp³-hybridized carbons (Fsp3) is 0.611. The minimum Gasteiger partial charge on any atom is -0.493 e. The molecule has 1 unspecified atom stereocenters. The largest absolute Gasteiger partial charge is 0.493 e. The predicted octanol–water partition coefficient (Wildman–Crippen LogP) is 3.78. The number of thioether (sulfide) groups is 1. The molecule has 144 valence electrons. The number of para-hydroxylation sites is 2. The molecule has 1 atom stereocenters. The van der Waals surface area contributed by atoms with Gasteiger partial charge in [0.25, 0.3) is 0 Å². The summed E-state index contributed by atoms with van der Waals surface area (Å²) in [5.41, 5.74) is 0. The molecule has 0 saturated carbocycles. The maximum absolute atomic E-state index is 5.93. The highest BCUT2D eigenvalue weighted by atomic mass is 127. The monoisotopic (exact) mass is 481 g/mol. The number of halogens is 1. The summed E-state index contributed by atoms with van der Waals surface area (Å²) >= 11 is 1.89. The standard InChI is InChI=1S/C18H31N3O2S.HI/c1-5-19-18(20-12-8-9-13-24-4)21-14-15(2)23-17-11-7-6-10-16(17)22-3;/h6-7,10-11,15H,5,8-9,12-14H2,1-4H3,(H2,19,20,21);1H. The van der Waals surface area contributed by atoms with Gasteiger partial charge in [0.1, 0.15) is 6.10 Å². The average Bonchev–Trinajstić information content (AvgIpc) is 2.60. The summed E-state index contributed by atoms with van der Waals surface area (Å²) in [4.78, 5) is 4.61. The molecular weight excluding hydrogens is 449 g/mol. The molecule has 0 heterocycles. The lowest BCUT2D eigenvalue weighted by molar-refractivity contribution is 0.219. The van der Waals surface area contributed by atoms with Crippen LogP contribution in [-0.4, -0.2) is 50.8 Å². The molecule has 2 N–H and O–H groups in total. The minimum atomic E-state index is -0.0340. The van der Waals surface area contributed by atoms with Crippen molar-refractivity contribution in [2.24, 2.45) is 4.99 Å². The van der Waals surface area contributed by atoms with E-state index in [-0.39, 0.29) is 30.1 Å². The molecule has 0 amide bonds. The topological polar surface area (TPSA) is 54.9 Å². The molecule has 7 heteroatoms. The van der Waals surface area contributed by atoms with Crippen molar-refractivity contribution in [2.75, 3.05) is 38.8 Å². The minimum absolute atomic E-state index is 0. The van der Waals surface area contributed by atoms with Crippen LogP contribution in [0.3, 0.4) is 0 Å². The average molecular weight is 481 g/mol. The van der Waals surface area contributed by atoms with Crippen molar-refractivity contribution >= 4 is 41.7 Å². The van der Waals surface area contributed by atoms with Gasteiger partial charge < -0.3 is 20.1 Å². The smallest absolute Gasteiger partial charge is 0.191 e. The summed E-state index contributed by atoms with van der Waals surface area (Å²) in [7, 11) is 1.65. The van der Waals surface area contributed by atoms with Crippen molar-refractivity contribution in [3.8, 4) is 11.5 Å². The second kappa shape index (κ2) is 15.4. The fourth-order valence-electron chi connectivity index (χ4n) is 2.11. The Kier molecular flexibility index (Phi) is 14.9. The molecule has 0 spiro atoms. The highest BCUT2D eigenvalue weighted by molar-refractivity contribution is 14.0. The number of nitrogens with one attached hydrogen (secondary N) is 2. The van der Waals surface area contributed by atoms with Gasteiger partial charge in [-0.15, -0.1) is 24.0 Å². The van der Waals surface area contributed by atoms with Crippen LogP contribution in [0, 0.1) is 0 Å². The molecule has 0 aromatic heterocycles. The Morgan fingerprint density at radius 3 is 2.56 bits per heavy atom. The first kappa shape index (κ1) is 24.2. The number of aliphatic imine (C=N–C) groups is 1. The fourth-order valence-corrected chi connectivity index (χ4v) is 2.60. The van der Waals surface area contributed by atoms with Gasteiger partial charge in [0.2, 0.25) is 0 Å². The van der Waals surface area contributed by atoms with Gasteiger partial charge >= 0.3 is 0 Å². The first-order chi connectivity index (χ1) is 11.7. The highest BCUT2D eigenvalue weighted by Gasteiger charge is 2.08. The summed E-state index contributed by atoms with van der Waals surface area (Å²) in [6.45, 7) is 6.45. The normalized spacial score (nSPS) is 12.1. The Labute approximate surface area is 173 Å². The Morgan fingerprint density at radius 2 is 1.92 bits per heavy atom. The number of unbranched alkanes of at least 4 members (excludes halogenated alkanes) is 1. The molecule has 0 fully saturated rings. The number of guanidine groups is 1. The lowest BCUT2D eigenvalue weighted by Gasteiger charge is -2.16. The van der Waals surface area contributed by atoms with E-state index in [0.29, 0.717) is 6.54 Å². The second-order valence-electron chi connectivity index (χ2n) is 5.43.